The molecule has 0 aliphatic rings. The SMILES string of the molecule is CC(C)(C)CCC(O)c1cc(Br)c(Cl)s1. The van der Waals surface area contributed by atoms with Crippen LogP contribution in [0.3, 0.4) is 0 Å². The summed E-state index contributed by atoms with van der Waals surface area (Å²) in [5.74, 6) is 0. The van der Waals surface area contributed by atoms with Crippen molar-refractivity contribution >= 4 is 38.9 Å². The van der Waals surface area contributed by atoms with Crippen LogP contribution in [0.4, 0.5) is 0 Å². The Hall–Kier alpha value is 0.430. The maximum atomic E-state index is 9.95. The van der Waals surface area contributed by atoms with Gasteiger partial charge in [0.25, 0.3) is 0 Å². The zero-order valence-corrected chi connectivity index (χ0v) is 12.3. The third-order valence-electron chi connectivity index (χ3n) is 2.16. The van der Waals surface area contributed by atoms with Gasteiger partial charge in [0.2, 0.25) is 0 Å². The smallest absolute Gasteiger partial charge is 0.107 e. The van der Waals surface area contributed by atoms with E-state index in [0.717, 1.165) is 22.2 Å². The number of aliphatic hydroxyl groups is 1. The highest BCUT2D eigenvalue weighted by molar-refractivity contribution is 9.10. The lowest BCUT2D eigenvalue weighted by molar-refractivity contribution is 0.151. The van der Waals surface area contributed by atoms with Gasteiger partial charge in [0, 0.05) is 9.35 Å². The Labute approximate surface area is 109 Å². The van der Waals surface area contributed by atoms with Crippen LogP contribution in [0.2, 0.25) is 4.34 Å². The molecule has 1 nitrogen and oxygen atoms in total. The summed E-state index contributed by atoms with van der Waals surface area (Å²) in [5, 5.41) is 9.95. The first-order chi connectivity index (χ1) is 6.79. The van der Waals surface area contributed by atoms with Gasteiger partial charge in [-0.25, -0.2) is 0 Å². The molecule has 0 spiro atoms. The minimum atomic E-state index is -0.391. The Morgan fingerprint density at radius 2 is 2.13 bits per heavy atom. The highest BCUT2D eigenvalue weighted by Gasteiger charge is 2.17. The Balaban J connectivity index is 2.58. The molecule has 1 atom stereocenters. The van der Waals surface area contributed by atoms with Crippen molar-refractivity contribution in [1.29, 1.82) is 0 Å². The average Bonchev–Trinajstić information content (AvgIpc) is 2.42. The monoisotopic (exact) mass is 310 g/mol. The molecule has 1 heterocycles. The Kier molecular flexibility index (Phi) is 4.65. The summed E-state index contributed by atoms with van der Waals surface area (Å²) in [6.45, 7) is 6.53. The molecule has 0 radical (unpaired) electrons. The molecule has 1 aromatic heterocycles. The van der Waals surface area contributed by atoms with E-state index in [1.807, 2.05) is 6.07 Å². The van der Waals surface area contributed by atoms with Crippen molar-refractivity contribution in [1.82, 2.24) is 0 Å². The Morgan fingerprint density at radius 1 is 1.53 bits per heavy atom. The van der Waals surface area contributed by atoms with Gasteiger partial charge in [-0.05, 0) is 40.3 Å². The lowest BCUT2D eigenvalue weighted by Crippen LogP contribution is -2.07. The molecule has 0 amide bonds. The topological polar surface area (TPSA) is 20.2 Å². The number of aliphatic hydroxyl groups excluding tert-OH is 1. The van der Waals surface area contributed by atoms with E-state index in [-0.39, 0.29) is 5.41 Å². The first kappa shape index (κ1) is 13.5. The fourth-order valence-electron chi connectivity index (χ4n) is 1.24. The quantitative estimate of drug-likeness (QED) is 0.830. The fraction of sp³-hybridized carbons (Fsp3) is 0.636. The first-order valence-corrected chi connectivity index (χ1v) is 6.91. The molecule has 0 fully saturated rings. The summed E-state index contributed by atoms with van der Waals surface area (Å²) >= 11 is 10.7. The van der Waals surface area contributed by atoms with Gasteiger partial charge in [-0.2, -0.15) is 0 Å². The molecule has 0 saturated heterocycles. The summed E-state index contributed by atoms with van der Waals surface area (Å²) in [4.78, 5) is 0.941. The van der Waals surface area contributed by atoms with Crippen molar-refractivity contribution < 1.29 is 5.11 Å². The van der Waals surface area contributed by atoms with E-state index >= 15 is 0 Å². The second kappa shape index (κ2) is 5.17. The summed E-state index contributed by atoms with van der Waals surface area (Å²) in [5.41, 5.74) is 0.263. The van der Waals surface area contributed by atoms with Gasteiger partial charge in [0.05, 0.1) is 6.10 Å². The molecule has 0 saturated carbocycles. The van der Waals surface area contributed by atoms with Crippen LogP contribution >= 0.6 is 38.9 Å². The first-order valence-electron chi connectivity index (χ1n) is 4.92. The molecule has 0 aliphatic carbocycles. The van der Waals surface area contributed by atoms with E-state index in [9.17, 15) is 5.11 Å². The molecule has 15 heavy (non-hydrogen) atoms. The number of rotatable bonds is 3. The van der Waals surface area contributed by atoms with Crippen molar-refractivity contribution in [2.24, 2.45) is 5.41 Å². The maximum absolute atomic E-state index is 9.95. The van der Waals surface area contributed by atoms with Gasteiger partial charge in [-0.15, -0.1) is 11.3 Å². The molecule has 0 bridgehead atoms. The minimum absolute atomic E-state index is 0.263. The highest BCUT2D eigenvalue weighted by atomic mass is 79.9. The maximum Gasteiger partial charge on any atom is 0.107 e. The normalized spacial score (nSPS) is 14.3. The molecule has 1 rings (SSSR count). The van der Waals surface area contributed by atoms with Crippen molar-refractivity contribution in [2.45, 2.75) is 39.7 Å². The fourth-order valence-corrected chi connectivity index (χ4v) is 3.00. The van der Waals surface area contributed by atoms with Gasteiger partial charge >= 0.3 is 0 Å². The van der Waals surface area contributed by atoms with Gasteiger partial charge < -0.3 is 5.11 Å². The van der Waals surface area contributed by atoms with Crippen LogP contribution < -0.4 is 0 Å². The van der Waals surface area contributed by atoms with Crippen molar-refractivity contribution in [3.05, 3.63) is 19.8 Å². The Bertz CT molecular complexity index is 310. The molecule has 0 aromatic carbocycles. The zero-order chi connectivity index (χ0) is 11.6. The highest BCUT2D eigenvalue weighted by Crippen LogP contribution is 2.37. The van der Waals surface area contributed by atoms with Crippen LogP contribution in [0, 0.1) is 5.41 Å². The lowest BCUT2D eigenvalue weighted by Gasteiger charge is -2.19. The number of hydrogen-bond donors (Lipinski definition) is 1. The molecular formula is C11H16BrClOS. The summed E-state index contributed by atoms with van der Waals surface area (Å²) in [6, 6.07) is 1.90. The third kappa shape index (κ3) is 4.43. The number of thiophene rings is 1. The summed E-state index contributed by atoms with van der Waals surface area (Å²) < 4.78 is 1.58. The molecule has 1 unspecified atom stereocenters. The van der Waals surface area contributed by atoms with Crippen LogP contribution in [0.25, 0.3) is 0 Å². The Morgan fingerprint density at radius 3 is 2.53 bits per heavy atom. The van der Waals surface area contributed by atoms with Crippen molar-refractivity contribution in [3.8, 4) is 0 Å². The second-order valence-corrected chi connectivity index (χ2v) is 7.43. The summed E-state index contributed by atoms with van der Waals surface area (Å²) in [6.07, 6.45) is 1.40. The number of hydrogen-bond acceptors (Lipinski definition) is 2. The van der Waals surface area contributed by atoms with E-state index in [4.69, 9.17) is 11.6 Å². The van der Waals surface area contributed by atoms with E-state index in [1.165, 1.54) is 11.3 Å². The van der Waals surface area contributed by atoms with Gasteiger partial charge in [-0.1, -0.05) is 32.4 Å². The van der Waals surface area contributed by atoms with Crippen molar-refractivity contribution in [3.63, 3.8) is 0 Å². The van der Waals surface area contributed by atoms with E-state index in [2.05, 4.69) is 36.7 Å². The molecule has 0 aliphatic heterocycles. The van der Waals surface area contributed by atoms with E-state index in [1.54, 1.807) is 0 Å². The van der Waals surface area contributed by atoms with Crippen LogP contribution in [-0.4, -0.2) is 5.11 Å². The standard InChI is InChI=1S/C11H16BrClOS/c1-11(2,3)5-4-8(14)9-6-7(12)10(13)15-9/h6,8,14H,4-5H2,1-3H3. The van der Waals surface area contributed by atoms with Crippen LogP contribution in [0.15, 0.2) is 10.5 Å². The predicted molar refractivity (Wildman–Crippen MR) is 70.7 cm³/mol. The molecule has 1 aromatic rings. The zero-order valence-electron chi connectivity index (χ0n) is 9.18. The second-order valence-electron chi connectivity index (χ2n) is 4.89. The van der Waals surface area contributed by atoms with Crippen LogP contribution in [0.5, 0.6) is 0 Å². The van der Waals surface area contributed by atoms with Crippen molar-refractivity contribution in [2.75, 3.05) is 0 Å². The number of halogens is 2. The molecular weight excluding hydrogens is 296 g/mol. The third-order valence-corrected chi connectivity index (χ3v) is 4.74. The van der Waals surface area contributed by atoms with E-state index in [0.29, 0.717) is 4.34 Å². The molecule has 86 valence electrons. The molecule has 4 heteroatoms. The predicted octanol–water partition coefficient (Wildman–Crippen LogP) is 5.02. The van der Waals surface area contributed by atoms with Gasteiger partial charge in [0.1, 0.15) is 4.34 Å². The van der Waals surface area contributed by atoms with Crippen LogP contribution in [0.1, 0.15) is 44.6 Å². The average molecular weight is 312 g/mol. The summed E-state index contributed by atoms with van der Waals surface area (Å²) in [7, 11) is 0. The molecule has 1 N–H and O–H groups in total. The van der Waals surface area contributed by atoms with Crippen LogP contribution in [-0.2, 0) is 0 Å². The largest absolute Gasteiger partial charge is 0.388 e. The lowest BCUT2D eigenvalue weighted by atomic mass is 9.89. The minimum Gasteiger partial charge on any atom is -0.388 e. The van der Waals surface area contributed by atoms with Gasteiger partial charge in [0.15, 0.2) is 0 Å². The van der Waals surface area contributed by atoms with Gasteiger partial charge in [-0.3, -0.25) is 0 Å². The van der Waals surface area contributed by atoms with E-state index < -0.39 is 6.10 Å².